The van der Waals surface area contributed by atoms with Crippen LogP contribution in [0.25, 0.3) is 16.9 Å². The normalized spacial score (nSPS) is 11.0. The summed E-state index contributed by atoms with van der Waals surface area (Å²) in [6, 6.07) is 25.5. The predicted octanol–water partition coefficient (Wildman–Crippen LogP) is 5.07. The molecule has 1 heterocycles. The fourth-order valence-electron chi connectivity index (χ4n) is 4.17. The van der Waals surface area contributed by atoms with Crippen LogP contribution in [0.3, 0.4) is 0 Å². The number of carbonyl (C=O) groups excluding carboxylic acids is 1. The van der Waals surface area contributed by atoms with Crippen LogP contribution >= 0.6 is 0 Å². The van der Waals surface area contributed by atoms with Gasteiger partial charge in [-0.25, -0.2) is 4.68 Å². The molecule has 4 aromatic rings. The Hall–Kier alpha value is -4.10. The highest BCUT2D eigenvalue weighted by Crippen LogP contribution is 2.34. The van der Waals surface area contributed by atoms with Gasteiger partial charge in [0.15, 0.2) is 0 Å². The first-order valence-corrected chi connectivity index (χ1v) is 12.3. The summed E-state index contributed by atoms with van der Waals surface area (Å²) in [4.78, 5) is 18.1. The standard InChI is InChI=1S/C30H34N4O3/c1-22-10-9-13-24(18-22)34-28(20-27(31-34)26-15-14-25(36-4)19-29(26)37-5)30(35)33(17-16-32(2)3)21-23-11-7-6-8-12-23/h6-15,18-20H,16-17,21H2,1-5H3. The maximum Gasteiger partial charge on any atom is 0.272 e. The second-order valence-corrected chi connectivity index (χ2v) is 9.25. The van der Waals surface area contributed by atoms with Gasteiger partial charge in [0.25, 0.3) is 5.91 Å². The number of ether oxygens (including phenoxy) is 2. The molecule has 37 heavy (non-hydrogen) atoms. The SMILES string of the molecule is COc1ccc(-c2cc(C(=O)N(CCN(C)C)Cc3ccccc3)n(-c3cccc(C)c3)n2)c(OC)c1. The van der Waals surface area contributed by atoms with Gasteiger partial charge in [-0.2, -0.15) is 5.10 Å². The lowest BCUT2D eigenvalue weighted by atomic mass is 10.1. The van der Waals surface area contributed by atoms with Crippen LogP contribution in [0.15, 0.2) is 78.9 Å². The molecule has 192 valence electrons. The molecule has 0 aliphatic rings. The summed E-state index contributed by atoms with van der Waals surface area (Å²) in [6.07, 6.45) is 0. The van der Waals surface area contributed by atoms with E-state index in [4.69, 9.17) is 14.6 Å². The summed E-state index contributed by atoms with van der Waals surface area (Å²) < 4.78 is 12.7. The van der Waals surface area contributed by atoms with Crippen LogP contribution < -0.4 is 9.47 Å². The Balaban J connectivity index is 1.81. The molecule has 0 aliphatic carbocycles. The molecule has 0 radical (unpaired) electrons. The van der Waals surface area contributed by atoms with Gasteiger partial charge >= 0.3 is 0 Å². The third-order valence-corrected chi connectivity index (χ3v) is 6.18. The van der Waals surface area contributed by atoms with Crippen LogP contribution in [0.1, 0.15) is 21.6 Å². The maximum atomic E-state index is 14.1. The number of carbonyl (C=O) groups is 1. The molecule has 0 saturated heterocycles. The van der Waals surface area contributed by atoms with Gasteiger partial charge in [0.05, 0.1) is 25.6 Å². The molecule has 3 aromatic carbocycles. The summed E-state index contributed by atoms with van der Waals surface area (Å²) in [5, 5.41) is 4.90. The first-order valence-electron chi connectivity index (χ1n) is 12.3. The lowest BCUT2D eigenvalue weighted by Crippen LogP contribution is -2.37. The summed E-state index contributed by atoms with van der Waals surface area (Å²) >= 11 is 0. The van der Waals surface area contributed by atoms with Gasteiger partial charge in [-0.3, -0.25) is 4.79 Å². The number of benzene rings is 3. The Kier molecular flexibility index (Phi) is 8.25. The van der Waals surface area contributed by atoms with Crippen molar-refractivity contribution in [1.29, 1.82) is 0 Å². The quantitative estimate of drug-likeness (QED) is 0.306. The zero-order valence-corrected chi connectivity index (χ0v) is 22.1. The van der Waals surface area contributed by atoms with Crippen LogP contribution in [-0.4, -0.2) is 66.9 Å². The van der Waals surface area contributed by atoms with Crippen molar-refractivity contribution in [3.63, 3.8) is 0 Å². The van der Waals surface area contributed by atoms with E-state index in [1.807, 2.05) is 105 Å². The molecule has 0 saturated carbocycles. The molecule has 0 fully saturated rings. The van der Waals surface area contributed by atoms with Crippen molar-refractivity contribution in [2.24, 2.45) is 0 Å². The molecule has 0 bridgehead atoms. The summed E-state index contributed by atoms with van der Waals surface area (Å²) in [6.45, 7) is 3.87. The highest BCUT2D eigenvalue weighted by atomic mass is 16.5. The summed E-state index contributed by atoms with van der Waals surface area (Å²) in [7, 11) is 7.25. The molecule has 0 N–H and O–H groups in total. The van der Waals surface area contributed by atoms with E-state index in [0.29, 0.717) is 36.0 Å². The average Bonchev–Trinajstić information content (AvgIpc) is 3.36. The van der Waals surface area contributed by atoms with E-state index in [2.05, 4.69) is 4.90 Å². The van der Waals surface area contributed by atoms with Gasteiger partial charge in [-0.05, 0) is 62.5 Å². The summed E-state index contributed by atoms with van der Waals surface area (Å²) in [5.74, 6) is 1.23. The highest BCUT2D eigenvalue weighted by molar-refractivity contribution is 5.94. The van der Waals surface area contributed by atoms with Crippen LogP contribution in [-0.2, 0) is 6.54 Å². The number of hydrogen-bond donors (Lipinski definition) is 0. The molecular weight excluding hydrogens is 464 g/mol. The van der Waals surface area contributed by atoms with E-state index in [0.717, 1.165) is 28.9 Å². The second kappa shape index (κ2) is 11.8. The Labute approximate surface area is 218 Å². The van der Waals surface area contributed by atoms with Crippen LogP contribution in [0, 0.1) is 6.92 Å². The third-order valence-electron chi connectivity index (χ3n) is 6.18. The minimum atomic E-state index is -0.0848. The van der Waals surface area contributed by atoms with E-state index < -0.39 is 0 Å². The Morgan fingerprint density at radius 1 is 0.892 bits per heavy atom. The molecule has 7 nitrogen and oxygen atoms in total. The molecule has 4 rings (SSSR count). The van der Waals surface area contributed by atoms with Gasteiger partial charge in [0.1, 0.15) is 17.2 Å². The number of aryl methyl sites for hydroxylation is 1. The molecule has 1 aromatic heterocycles. The molecular formula is C30H34N4O3. The highest BCUT2D eigenvalue weighted by Gasteiger charge is 2.24. The lowest BCUT2D eigenvalue weighted by Gasteiger charge is -2.25. The van der Waals surface area contributed by atoms with E-state index in [9.17, 15) is 4.79 Å². The van der Waals surface area contributed by atoms with Crippen molar-refractivity contribution in [3.8, 4) is 28.4 Å². The Morgan fingerprint density at radius 3 is 2.35 bits per heavy atom. The monoisotopic (exact) mass is 498 g/mol. The molecule has 1 amide bonds. The van der Waals surface area contributed by atoms with Crippen molar-refractivity contribution in [2.45, 2.75) is 13.5 Å². The number of methoxy groups -OCH3 is 2. The lowest BCUT2D eigenvalue weighted by molar-refractivity contribution is 0.0722. The fraction of sp³-hybridized carbons (Fsp3) is 0.267. The van der Waals surface area contributed by atoms with Gasteiger partial charge in [-0.1, -0.05) is 42.5 Å². The van der Waals surface area contributed by atoms with Gasteiger partial charge in [-0.15, -0.1) is 0 Å². The van der Waals surface area contributed by atoms with Crippen molar-refractivity contribution in [1.82, 2.24) is 19.6 Å². The van der Waals surface area contributed by atoms with Crippen molar-refractivity contribution >= 4 is 5.91 Å². The minimum Gasteiger partial charge on any atom is -0.497 e. The number of rotatable bonds is 10. The number of aromatic nitrogens is 2. The van der Waals surface area contributed by atoms with E-state index in [1.54, 1.807) is 18.9 Å². The first-order chi connectivity index (χ1) is 17.9. The molecule has 0 unspecified atom stereocenters. The molecule has 7 heteroatoms. The fourth-order valence-corrected chi connectivity index (χ4v) is 4.17. The average molecular weight is 499 g/mol. The number of amides is 1. The Bertz CT molecular complexity index is 1350. The van der Waals surface area contributed by atoms with Crippen molar-refractivity contribution < 1.29 is 14.3 Å². The van der Waals surface area contributed by atoms with E-state index in [-0.39, 0.29) is 5.91 Å². The second-order valence-electron chi connectivity index (χ2n) is 9.25. The number of hydrogen-bond acceptors (Lipinski definition) is 5. The largest absolute Gasteiger partial charge is 0.497 e. The van der Waals surface area contributed by atoms with E-state index in [1.165, 1.54) is 0 Å². The van der Waals surface area contributed by atoms with Crippen LogP contribution in [0.4, 0.5) is 0 Å². The maximum absolute atomic E-state index is 14.1. The molecule has 0 spiro atoms. The van der Waals surface area contributed by atoms with E-state index >= 15 is 0 Å². The minimum absolute atomic E-state index is 0.0848. The summed E-state index contributed by atoms with van der Waals surface area (Å²) in [5.41, 5.74) is 4.92. The zero-order chi connectivity index (χ0) is 26.4. The topological polar surface area (TPSA) is 59.8 Å². The van der Waals surface area contributed by atoms with Gasteiger partial charge in [0.2, 0.25) is 0 Å². The van der Waals surface area contributed by atoms with Crippen molar-refractivity contribution in [2.75, 3.05) is 41.4 Å². The Morgan fingerprint density at radius 2 is 1.68 bits per heavy atom. The number of nitrogens with zero attached hydrogens (tertiary/aromatic N) is 4. The molecule has 0 atom stereocenters. The van der Waals surface area contributed by atoms with Gasteiger partial charge < -0.3 is 19.3 Å². The van der Waals surface area contributed by atoms with Crippen molar-refractivity contribution in [3.05, 3.63) is 95.7 Å². The van der Waals surface area contributed by atoms with Crippen LogP contribution in [0.2, 0.25) is 0 Å². The molecule has 0 aliphatic heterocycles. The smallest absolute Gasteiger partial charge is 0.272 e. The van der Waals surface area contributed by atoms with Gasteiger partial charge in [0, 0.05) is 31.3 Å². The van der Waals surface area contributed by atoms with Crippen LogP contribution in [0.5, 0.6) is 11.5 Å². The third kappa shape index (κ3) is 6.19. The zero-order valence-electron chi connectivity index (χ0n) is 22.1. The predicted molar refractivity (Wildman–Crippen MR) is 147 cm³/mol. The number of likely N-dealkylation sites (N-methyl/N-ethyl adjacent to an activating group) is 1. The first kappa shape index (κ1) is 26.0.